The average molecular weight is 1120 g/mol. The maximum atomic E-state index is 13.2. The standard InChI is InChI=1S/C67H118O12/c1-4-7-10-13-16-19-22-25-28-30-33-35-38-41-44-47-50-53-59(68)75-56-58(77-60(69)54-51-48-45-42-39-36-32-27-24-21-18-15-12-9-6-3)57-76-67-65(63(72)62(71)64(79-67)66(73)74)78-61(70)55-52-49-46-43-40-37-34-31-29-26-23-20-17-14-11-8-5-2/h7,10,16,19,25,28,33,35,58,62-65,67,71-72H,4-6,8-9,11-15,17-18,20-24,26-27,29-32,34,36-57H2,1-3H3,(H,73,74)/b10-7-,19-16-,28-25-,35-33-. The number of aliphatic hydroxyl groups excluding tert-OH is 2. The van der Waals surface area contributed by atoms with Crippen molar-refractivity contribution in [1.29, 1.82) is 0 Å². The van der Waals surface area contributed by atoms with Crippen LogP contribution < -0.4 is 0 Å². The molecular weight excluding hydrogens is 997 g/mol. The molecule has 0 aromatic rings. The van der Waals surface area contributed by atoms with Gasteiger partial charge >= 0.3 is 23.9 Å². The number of unbranched alkanes of at least 4 members (excludes halogenated alkanes) is 34. The summed E-state index contributed by atoms with van der Waals surface area (Å²) in [6.45, 7) is 5.91. The smallest absolute Gasteiger partial charge is 0.335 e. The average Bonchev–Trinajstić information content (AvgIpc) is 3.47. The third-order valence-corrected chi connectivity index (χ3v) is 14.9. The van der Waals surface area contributed by atoms with E-state index in [1.54, 1.807) is 0 Å². The molecule has 0 aliphatic carbocycles. The van der Waals surface area contributed by atoms with E-state index in [1.807, 2.05) is 0 Å². The number of esters is 3. The number of carbonyl (C=O) groups is 4. The molecule has 0 aromatic carbocycles. The van der Waals surface area contributed by atoms with Crippen LogP contribution in [-0.4, -0.2) is 89.2 Å². The van der Waals surface area contributed by atoms with Gasteiger partial charge in [0.1, 0.15) is 18.8 Å². The predicted octanol–water partition coefficient (Wildman–Crippen LogP) is 17.3. The molecular formula is C67H118O12. The summed E-state index contributed by atoms with van der Waals surface area (Å²) >= 11 is 0. The molecule has 12 nitrogen and oxygen atoms in total. The first-order valence-electron chi connectivity index (χ1n) is 32.6. The molecule has 1 saturated heterocycles. The monoisotopic (exact) mass is 1110 g/mol. The molecule has 0 saturated carbocycles. The van der Waals surface area contributed by atoms with Crippen molar-refractivity contribution in [2.75, 3.05) is 13.2 Å². The van der Waals surface area contributed by atoms with Gasteiger partial charge in [0, 0.05) is 19.3 Å². The highest BCUT2D eigenvalue weighted by Crippen LogP contribution is 2.27. The zero-order chi connectivity index (χ0) is 57.5. The summed E-state index contributed by atoms with van der Waals surface area (Å²) < 4.78 is 28.5. The Balaban J connectivity index is 2.66. The number of carboxylic acids is 1. The van der Waals surface area contributed by atoms with Gasteiger partial charge < -0.3 is 39.0 Å². The molecule has 1 aliphatic heterocycles. The first-order chi connectivity index (χ1) is 38.6. The van der Waals surface area contributed by atoms with E-state index in [4.69, 9.17) is 23.7 Å². The van der Waals surface area contributed by atoms with Gasteiger partial charge in [-0.1, -0.05) is 275 Å². The topological polar surface area (TPSA) is 175 Å². The summed E-state index contributed by atoms with van der Waals surface area (Å²) in [7, 11) is 0. The summed E-state index contributed by atoms with van der Waals surface area (Å²) in [6, 6.07) is 0. The van der Waals surface area contributed by atoms with Crippen molar-refractivity contribution in [2.45, 2.75) is 340 Å². The molecule has 12 heteroatoms. The van der Waals surface area contributed by atoms with Crippen molar-refractivity contribution >= 4 is 23.9 Å². The highest BCUT2D eigenvalue weighted by Gasteiger charge is 2.50. The van der Waals surface area contributed by atoms with Gasteiger partial charge in [-0.05, 0) is 57.8 Å². The number of carbonyl (C=O) groups excluding carboxylic acids is 3. The lowest BCUT2D eigenvalue weighted by atomic mass is 9.98. The SMILES string of the molecule is CC/C=C\C/C=C\C/C=C\C/C=C\CCCCCCC(=O)OCC(COC1OC(C(=O)O)C(O)C(O)C1OC(=O)CCCCCCCCCCCCCCCCCCC)OC(=O)CCCCCCCCCCCCCCCCC. The van der Waals surface area contributed by atoms with E-state index in [-0.39, 0.29) is 25.9 Å². The van der Waals surface area contributed by atoms with Crippen molar-refractivity contribution in [2.24, 2.45) is 0 Å². The third kappa shape index (κ3) is 45.0. The molecule has 6 unspecified atom stereocenters. The molecule has 0 amide bonds. The van der Waals surface area contributed by atoms with Crippen LogP contribution in [0.4, 0.5) is 0 Å². The Morgan fingerprint density at radius 1 is 0.430 bits per heavy atom. The Hall–Kier alpha value is -3.32. The minimum atomic E-state index is -1.90. The molecule has 0 bridgehead atoms. The number of ether oxygens (including phenoxy) is 5. The fraction of sp³-hybridized carbons (Fsp3) is 0.821. The number of aliphatic carboxylic acids is 1. The van der Waals surface area contributed by atoms with Gasteiger partial charge in [0.25, 0.3) is 0 Å². The van der Waals surface area contributed by atoms with Gasteiger partial charge in [-0.2, -0.15) is 0 Å². The number of hydrogen-bond acceptors (Lipinski definition) is 11. The van der Waals surface area contributed by atoms with E-state index < -0.39 is 67.3 Å². The Kier molecular flexibility index (Phi) is 51.5. The van der Waals surface area contributed by atoms with Gasteiger partial charge in [0.15, 0.2) is 24.6 Å². The van der Waals surface area contributed by atoms with Crippen LogP contribution in [0.2, 0.25) is 0 Å². The highest BCUT2D eigenvalue weighted by molar-refractivity contribution is 5.74. The number of aliphatic hydroxyl groups is 2. The third-order valence-electron chi connectivity index (χ3n) is 14.9. The van der Waals surface area contributed by atoms with Crippen LogP contribution in [0, 0.1) is 0 Å². The van der Waals surface area contributed by atoms with E-state index in [9.17, 15) is 34.5 Å². The first kappa shape index (κ1) is 73.7. The van der Waals surface area contributed by atoms with Crippen molar-refractivity contribution in [1.82, 2.24) is 0 Å². The van der Waals surface area contributed by atoms with Crippen LogP contribution in [0.1, 0.15) is 303 Å². The van der Waals surface area contributed by atoms with Gasteiger partial charge in [0.05, 0.1) is 6.61 Å². The maximum Gasteiger partial charge on any atom is 0.335 e. The summed E-state index contributed by atoms with van der Waals surface area (Å²) in [4.78, 5) is 51.3. The van der Waals surface area contributed by atoms with E-state index in [0.29, 0.717) is 19.3 Å². The van der Waals surface area contributed by atoms with Crippen LogP contribution in [0.15, 0.2) is 48.6 Å². The molecule has 458 valence electrons. The van der Waals surface area contributed by atoms with Gasteiger partial charge in [-0.3, -0.25) is 14.4 Å². The molecule has 1 aliphatic rings. The Labute approximate surface area is 482 Å². The molecule has 0 radical (unpaired) electrons. The number of rotatable bonds is 56. The molecule has 1 fully saturated rings. The van der Waals surface area contributed by atoms with Crippen molar-refractivity contribution in [3.8, 4) is 0 Å². The molecule has 3 N–H and O–H groups in total. The van der Waals surface area contributed by atoms with E-state index in [0.717, 1.165) is 89.9 Å². The number of carboxylic acid groups (broad SMARTS) is 1. The zero-order valence-electron chi connectivity index (χ0n) is 50.6. The quantitative estimate of drug-likeness (QED) is 0.0228. The van der Waals surface area contributed by atoms with Gasteiger partial charge in [0.2, 0.25) is 0 Å². The normalized spacial score (nSPS) is 18.1. The molecule has 79 heavy (non-hydrogen) atoms. The van der Waals surface area contributed by atoms with Crippen molar-refractivity contribution in [3.63, 3.8) is 0 Å². The van der Waals surface area contributed by atoms with Gasteiger partial charge in [-0.15, -0.1) is 0 Å². The van der Waals surface area contributed by atoms with E-state index in [2.05, 4.69) is 69.4 Å². The second kappa shape index (κ2) is 55.2. The summed E-state index contributed by atoms with van der Waals surface area (Å²) in [5.41, 5.74) is 0. The Bertz CT molecular complexity index is 1560. The molecule has 1 rings (SSSR count). The second-order valence-corrected chi connectivity index (χ2v) is 22.4. The number of allylic oxidation sites excluding steroid dienone is 8. The minimum absolute atomic E-state index is 0.0633. The fourth-order valence-electron chi connectivity index (χ4n) is 9.95. The van der Waals surface area contributed by atoms with E-state index in [1.165, 1.54) is 154 Å². The van der Waals surface area contributed by atoms with Crippen LogP contribution in [0.5, 0.6) is 0 Å². The number of hydrogen-bond donors (Lipinski definition) is 3. The summed E-state index contributed by atoms with van der Waals surface area (Å²) in [5.74, 6) is -3.12. The molecule has 0 aromatic heterocycles. The molecule has 6 atom stereocenters. The lowest BCUT2D eigenvalue weighted by Crippen LogP contribution is -2.61. The zero-order valence-corrected chi connectivity index (χ0v) is 50.6. The Morgan fingerprint density at radius 2 is 0.797 bits per heavy atom. The minimum Gasteiger partial charge on any atom is -0.479 e. The second-order valence-electron chi connectivity index (χ2n) is 22.4. The lowest BCUT2D eigenvalue weighted by molar-refractivity contribution is -0.301. The van der Waals surface area contributed by atoms with Gasteiger partial charge in [-0.25, -0.2) is 4.79 Å². The Morgan fingerprint density at radius 3 is 1.22 bits per heavy atom. The predicted molar refractivity (Wildman–Crippen MR) is 322 cm³/mol. The lowest BCUT2D eigenvalue weighted by Gasteiger charge is -2.40. The van der Waals surface area contributed by atoms with E-state index >= 15 is 0 Å². The molecule has 0 spiro atoms. The first-order valence-corrected chi connectivity index (χ1v) is 32.6. The summed E-state index contributed by atoms with van der Waals surface area (Å²) in [6.07, 6.45) is 55.0. The summed E-state index contributed by atoms with van der Waals surface area (Å²) in [5, 5.41) is 31.6. The maximum absolute atomic E-state index is 13.2. The van der Waals surface area contributed by atoms with Crippen molar-refractivity contribution < 1.29 is 58.2 Å². The fourth-order valence-corrected chi connectivity index (χ4v) is 9.95. The van der Waals surface area contributed by atoms with Crippen LogP contribution in [-0.2, 0) is 42.9 Å². The largest absolute Gasteiger partial charge is 0.479 e. The van der Waals surface area contributed by atoms with Crippen LogP contribution in [0.3, 0.4) is 0 Å². The highest BCUT2D eigenvalue weighted by atomic mass is 16.7. The molecule has 1 heterocycles. The van der Waals surface area contributed by atoms with Crippen LogP contribution >= 0.6 is 0 Å². The van der Waals surface area contributed by atoms with Crippen LogP contribution in [0.25, 0.3) is 0 Å². The van der Waals surface area contributed by atoms with Crippen molar-refractivity contribution in [3.05, 3.63) is 48.6 Å².